The number of β-amino-alcohol motifs (C(OH)–C–C–N with tert-alkyl or cyclic N) is 1. The van der Waals surface area contributed by atoms with Crippen molar-refractivity contribution in [1.29, 1.82) is 0 Å². The van der Waals surface area contributed by atoms with E-state index in [0.717, 1.165) is 16.5 Å². The van der Waals surface area contributed by atoms with Crippen molar-refractivity contribution in [2.45, 2.75) is 17.9 Å². The molecule has 1 unspecified atom stereocenters. The second-order valence-corrected chi connectivity index (χ2v) is 8.02. The van der Waals surface area contributed by atoms with Crippen LogP contribution in [0.3, 0.4) is 0 Å². The minimum absolute atomic E-state index is 0.0693. The van der Waals surface area contributed by atoms with Crippen molar-refractivity contribution >= 4 is 20.9 Å². The largest absolute Gasteiger partial charge is 0.395 e. The van der Waals surface area contributed by atoms with Crippen LogP contribution < -0.4 is 0 Å². The van der Waals surface area contributed by atoms with Gasteiger partial charge in [0.1, 0.15) is 5.82 Å². The van der Waals surface area contributed by atoms with Crippen LogP contribution in [0.4, 0.5) is 4.39 Å². The molecule has 25 heavy (non-hydrogen) atoms. The van der Waals surface area contributed by atoms with E-state index < -0.39 is 10.0 Å². The maximum atomic E-state index is 13.4. The van der Waals surface area contributed by atoms with Gasteiger partial charge in [-0.3, -0.25) is 0 Å². The van der Waals surface area contributed by atoms with Crippen molar-refractivity contribution in [3.8, 4) is 11.1 Å². The zero-order chi connectivity index (χ0) is 17.8. The van der Waals surface area contributed by atoms with Crippen LogP contribution in [-0.4, -0.2) is 36.0 Å². The Morgan fingerprint density at radius 3 is 2.80 bits per heavy atom. The van der Waals surface area contributed by atoms with Crippen molar-refractivity contribution in [3.63, 3.8) is 0 Å². The van der Waals surface area contributed by atoms with Crippen LogP contribution in [0.1, 0.15) is 18.5 Å². The average molecular weight is 360 g/mol. The topological polar surface area (TPSA) is 73.4 Å². The summed E-state index contributed by atoms with van der Waals surface area (Å²) >= 11 is 0. The molecule has 7 heteroatoms. The normalized spacial score (nSPS) is 19.4. The number of nitrogens with one attached hydrogen (secondary N) is 1. The molecule has 0 bridgehead atoms. The van der Waals surface area contributed by atoms with Gasteiger partial charge in [0.05, 0.1) is 11.5 Å². The number of H-pyrrole nitrogens is 1. The van der Waals surface area contributed by atoms with Crippen molar-refractivity contribution in [3.05, 3.63) is 54.0 Å². The van der Waals surface area contributed by atoms with Gasteiger partial charge in [0, 0.05) is 35.2 Å². The molecule has 0 amide bonds. The summed E-state index contributed by atoms with van der Waals surface area (Å²) in [6.45, 7) is 1.66. The van der Waals surface area contributed by atoms with E-state index in [9.17, 15) is 12.8 Å². The number of nitrogens with zero attached hydrogens (tertiary/aromatic N) is 1. The van der Waals surface area contributed by atoms with E-state index in [1.807, 2.05) is 13.0 Å². The number of aromatic nitrogens is 1. The molecule has 3 aromatic rings. The molecule has 0 saturated carbocycles. The molecule has 1 aliphatic heterocycles. The summed E-state index contributed by atoms with van der Waals surface area (Å²) in [6, 6.07) is 9.44. The number of hydrogen-bond acceptors (Lipinski definition) is 3. The van der Waals surface area contributed by atoms with Gasteiger partial charge >= 0.3 is 0 Å². The second kappa shape index (κ2) is 5.66. The number of fused-ring (bicyclic) bond motifs is 2. The number of aliphatic hydroxyl groups is 1. The molecule has 2 aromatic carbocycles. The Morgan fingerprint density at radius 2 is 2.04 bits per heavy atom. The van der Waals surface area contributed by atoms with Crippen LogP contribution in [0.2, 0.25) is 0 Å². The number of hydrogen-bond donors (Lipinski definition) is 2. The van der Waals surface area contributed by atoms with E-state index in [0.29, 0.717) is 11.1 Å². The Bertz CT molecular complexity index is 1080. The van der Waals surface area contributed by atoms with Crippen molar-refractivity contribution in [2.24, 2.45) is 0 Å². The number of halogens is 1. The third kappa shape index (κ3) is 2.38. The monoisotopic (exact) mass is 360 g/mol. The Hall–Kier alpha value is -2.22. The van der Waals surface area contributed by atoms with Gasteiger partial charge in [-0.2, -0.15) is 4.31 Å². The van der Waals surface area contributed by atoms with Crippen LogP contribution in [-0.2, 0) is 10.0 Å². The number of aliphatic hydroxyl groups excluding tert-OH is 1. The van der Waals surface area contributed by atoms with E-state index >= 15 is 0 Å². The Kier molecular flexibility index (Phi) is 3.68. The first kappa shape index (κ1) is 16.3. The van der Waals surface area contributed by atoms with Gasteiger partial charge in [-0.25, -0.2) is 12.8 Å². The van der Waals surface area contributed by atoms with Crippen molar-refractivity contribution in [1.82, 2.24) is 9.29 Å². The predicted molar refractivity (Wildman–Crippen MR) is 93.1 cm³/mol. The van der Waals surface area contributed by atoms with E-state index in [1.54, 1.807) is 24.4 Å². The molecule has 4 rings (SSSR count). The number of sulfonamides is 1. The van der Waals surface area contributed by atoms with Crippen molar-refractivity contribution < 1.29 is 17.9 Å². The van der Waals surface area contributed by atoms with E-state index in [-0.39, 0.29) is 29.9 Å². The van der Waals surface area contributed by atoms with Crippen molar-refractivity contribution in [2.75, 3.05) is 13.2 Å². The van der Waals surface area contributed by atoms with Gasteiger partial charge in [0.2, 0.25) is 10.0 Å². The van der Waals surface area contributed by atoms with Crippen LogP contribution in [0.15, 0.2) is 47.5 Å². The van der Waals surface area contributed by atoms with Gasteiger partial charge in [0.15, 0.2) is 0 Å². The fourth-order valence-corrected chi connectivity index (χ4v) is 5.39. The summed E-state index contributed by atoms with van der Waals surface area (Å²) in [5.74, 6) is -0.311. The highest BCUT2D eigenvalue weighted by atomic mass is 32.2. The van der Waals surface area contributed by atoms with Crippen LogP contribution in [0, 0.1) is 5.82 Å². The fraction of sp³-hybridized carbons (Fsp3) is 0.222. The molecule has 0 radical (unpaired) electrons. The lowest BCUT2D eigenvalue weighted by Crippen LogP contribution is -2.29. The summed E-state index contributed by atoms with van der Waals surface area (Å²) < 4.78 is 39.9. The minimum atomic E-state index is -3.58. The molecular formula is C18H17FN2O3S. The average Bonchev–Trinajstić information content (AvgIpc) is 3.08. The Morgan fingerprint density at radius 1 is 1.24 bits per heavy atom. The SMILES string of the molecule is CC1c2cc(-c3c[nH]c4cc(F)ccc34)ccc2S(=O)(=O)N1CCO. The summed E-state index contributed by atoms with van der Waals surface area (Å²) in [7, 11) is -3.58. The van der Waals surface area contributed by atoms with Gasteiger partial charge in [-0.15, -0.1) is 0 Å². The first-order valence-electron chi connectivity index (χ1n) is 7.97. The second-order valence-electron chi connectivity index (χ2n) is 6.16. The first-order chi connectivity index (χ1) is 11.9. The highest BCUT2D eigenvalue weighted by Gasteiger charge is 2.39. The molecule has 0 fully saturated rings. The number of aromatic amines is 1. The summed E-state index contributed by atoms with van der Waals surface area (Å²) in [5.41, 5.74) is 3.16. The Balaban J connectivity index is 1.85. The zero-order valence-corrected chi connectivity index (χ0v) is 14.3. The third-order valence-corrected chi connectivity index (χ3v) is 6.80. The molecule has 1 atom stereocenters. The first-order valence-corrected chi connectivity index (χ1v) is 9.41. The summed E-state index contributed by atoms with van der Waals surface area (Å²) in [5, 5.41) is 10.0. The molecular weight excluding hydrogens is 343 g/mol. The molecule has 0 saturated heterocycles. The molecule has 0 aliphatic carbocycles. The van der Waals surface area contributed by atoms with E-state index in [1.165, 1.54) is 16.4 Å². The molecule has 130 valence electrons. The van der Waals surface area contributed by atoms with Gasteiger partial charge in [0.25, 0.3) is 0 Å². The Labute approximate surface area is 144 Å². The highest BCUT2D eigenvalue weighted by Crippen LogP contribution is 2.41. The highest BCUT2D eigenvalue weighted by molar-refractivity contribution is 7.89. The van der Waals surface area contributed by atoms with Gasteiger partial charge in [-0.1, -0.05) is 6.07 Å². The molecule has 1 aromatic heterocycles. The molecule has 5 nitrogen and oxygen atoms in total. The van der Waals surface area contributed by atoms with E-state index in [2.05, 4.69) is 4.98 Å². The van der Waals surface area contributed by atoms with E-state index in [4.69, 9.17) is 5.11 Å². The quantitative estimate of drug-likeness (QED) is 0.754. The maximum absolute atomic E-state index is 13.4. The van der Waals surface area contributed by atoms with Crippen LogP contribution >= 0.6 is 0 Å². The minimum Gasteiger partial charge on any atom is -0.395 e. The standard InChI is InChI=1S/C18H17FN2O3S/c1-11-15-8-12(2-5-18(15)25(23,24)21(11)6-7-22)16-10-20-17-9-13(19)3-4-14(16)17/h2-5,8-11,20,22H,6-7H2,1H3. The van der Waals surface area contributed by atoms with Crippen LogP contribution in [0.25, 0.3) is 22.0 Å². The summed E-state index contributed by atoms with van der Waals surface area (Å²) in [4.78, 5) is 3.33. The molecule has 0 spiro atoms. The lowest BCUT2D eigenvalue weighted by atomic mass is 9.99. The van der Waals surface area contributed by atoms with Gasteiger partial charge in [-0.05, 0) is 48.4 Å². The fourth-order valence-electron chi connectivity index (χ4n) is 3.52. The summed E-state index contributed by atoms with van der Waals surface area (Å²) in [6.07, 6.45) is 1.80. The molecule has 1 aliphatic rings. The number of rotatable bonds is 3. The predicted octanol–water partition coefficient (Wildman–Crippen LogP) is 3.03. The lowest BCUT2D eigenvalue weighted by Gasteiger charge is -2.18. The smallest absolute Gasteiger partial charge is 0.244 e. The lowest BCUT2D eigenvalue weighted by molar-refractivity contribution is 0.237. The van der Waals surface area contributed by atoms with Gasteiger partial charge < -0.3 is 10.1 Å². The number of benzene rings is 2. The van der Waals surface area contributed by atoms with Crippen LogP contribution in [0.5, 0.6) is 0 Å². The zero-order valence-electron chi connectivity index (χ0n) is 13.5. The maximum Gasteiger partial charge on any atom is 0.244 e. The third-order valence-electron chi connectivity index (χ3n) is 4.75. The molecule has 2 heterocycles. The molecule has 2 N–H and O–H groups in total.